The fraction of sp³-hybridized carbons (Fsp3) is 0.481. The van der Waals surface area contributed by atoms with Crippen LogP contribution in [0.15, 0.2) is 36.4 Å². The van der Waals surface area contributed by atoms with E-state index >= 15 is 0 Å². The molecular formula is C27H37NO8. The van der Waals surface area contributed by atoms with Crippen molar-refractivity contribution in [2.24, 2.45) is 5.41 Å². The molecule has 0 radical (unpaired) electrons. The average molecular weight is 504 g/mol. The van der Waals surface area contributed by atoms with E-state index in [1.807, 2.05) is 24.3 Å². The number of benzene rings is 2. The smallest absolute Gasteiger partial charge is 0.407 e. The van der Waals surface area contributed by atoms with Crippen LogP contribution in [0.25, 0.3) is 0 Å². The Balaban J connectivity index is 2.57. The van der Waals surface area contributed by atoms with Crippen LogP contribution in [0.2, 0.25) is 0 Å². The minimum atomic E-state index is -1.21. The van der Waals surface area contributed by atoms with Crippen molar-refractivity contribution in [1.29, 1.82) is 0 Å². The molecule has 0 unspecified atom stereocenters. The zero-order valence-corrected chi connectivity index (χ0v) is 22.4. The summed E-state index contributed by atoms with van der Waals surface area (Å²) in [5, 5.41) is 2.76. The van der Waals surface area contributed by atoms with Crippen LogP contribution in [0.1, 0.15) is 31.9 Å². The second-order valence-corrected chi connectivity index (χ2v) is 9.42. The molecule has 2 rings (SSSR count). The summed E-state index contributed by atoms with van der Waals surface area (Å²) in [4.78, 5) is 26.0. The van der Waals surface area contributed by atoms with Gasteiger partial charge in [-0.15, -0.1) is 0 Å². The number of carbonyl (C=O) groups is 2. The monoisotopic (exact) mass is 503 g/mol. The highest BCUT2D eigenvalue weighted by Gasteiger charge is 2.41. The summed E-state index contributed by atoms with van der Waals surface area (Å²) in [6, 6.07) is 10.8. The van der Waals surface area contributed by atoms with Crippen LogP contribution >= 0.6 is 0 Å². The maximum absolute atomic E-state index is 13.4. The highest BCUT2D eigenvalue weighted by atomic mass is 16.6. The van der Waals surface area contributed by atoms with E-state index in [2.05, 4.69) is 5.32 Å². The predicted molar refractivity (Wildman–Crippen MR) is 135 cm³/mol. The molecule has 0 spiro atoms. The van der Waals surface area contributed by atoms with E-state index in [0.717, 1.165) is 11.1 Å². The molecule has 0 aliphatic rings. The standard InChI is InChI=1S/C27H37NO8/c1-26(2,3)36-25(30)28-17-27(24(29)35-8,15-18-9-20(31-4)13-21(10-18)32-5)16-19-11-22(33-6)14-23(12-19)34-7/h9-14H,15-17H2,1-8H3,(H,28,30). The predicted octanol–water partition coefficient (Wildman–Crippen LogP) is 4.19. The number of hydrogen-bond donors (Lipinski definition) is 1. The average Bonchev–Trinajstić information content (AvgIpc) is 2.85. The Hall–Kier alpha value is -3.62. The van der Waals surface area contributed by atoms with Crippen molar-refractivity contribution in [3.8, 4) is 23.0 Å². The highest BCUT2D eigenvalue weighted by Crippen LogP contribution is 2.35. The van der Waals surface area contributed by atoms with E-state index in [9.17, 15) is 9.59 Å². The molecule has 2 aromatic rings. The van der Waals surface area contributed by atoms with E-state index in [1.165, 1.54) is 7.11 Å². The number of hydrogen-bond acceptors (Lipinski definition) is 8. The minimum Gasteiger partial charge on any atom is -0.497 e. The normalized spacial score (nSPS) is 11.3. The van der Waals surface area contributed by atoms with Gasteiger partial charge in [0, 0.05) is 18.7 Å². The van der Waals surface area contributed by atoms with Crippen LogP contribution in [-0.4, -0.2) is 59.8 Å². The molecule has 0 aliphatic heterocycles. The van der Waals surface area contributed by atoms with Crippen molar-refractivity contribution >= 4 is 12.1 Å². The van der Waals surface area contributed by atoms with Crippen LogP contribution in [-0.2, 0) is 27.1 Å². The van der Waals surface area contributed by atoms with Gasteiger partial charge in [-0.1, -0.05) is 0 Å². The first-order chi connectivity index (χ1) is 17.0. The zero-order valence-electron chi connectivity index (χ0n) is 22.4. The SMILES string of the molecule is COC(=O)C(CNC(=O)OC(C)(C)C)(Cc1cc(OC)cc(OC)c1)Cc1cc(OC)cc(OC)c1. The second kappa shape index (κ2) is 12.4. The fourth-order valence-electron chi connectivity index (χ4n) is 3.89. The maximum Gasteiger partial charge on any atom is 0.407 e. The number of rotatable bonds is 11. The van der Waals surface area contributed by atoms with Gasteiger partial charge >= 0.3 is 12.1 Å². The lowest BCUT2D eigenvalue weighted by Crippen LogP contribution is -2.48. The third kappa shape index (κ3) is 7.96. The van der Waals surface area contributed by atoms with Crippen molar-refractivity contribution in [2.45, 2.75) is 39.2 Å². The topological polar surface area (TPSA) is 102 Å². The fourth-order valence-corrected chi connectivity index (χ4v) is 3.89. The Bertz CT molecular complexity index is 943. The maximum atomic E-state index is 13.4. The summed E-state index contributed by atoms with van der Waals surface area (Å²) in [6.07, 6.45) is -0.215. The van der Waals surface area contributed by atoms with Gasteiger partial charge in [0.25, 0.3) is 0 Å². The van der Waals surface area contributed by atoms with Crippen molar-refractivity contribution < 1.29 is 38.0 Å². The van der Waals surface area contributed by atoms with Crippen molar-refractivity contribution in [3.05, 3.63) is 47.5 Å². The summed E-state index contributed by atoms with van der Waals surface area (Å²) in [6.45, 7) is 5.26. The Labute approximate surface area is 213 Å². The number of methoxy groups -OCH3 is 5. The van der Waals surface area contributed by atoms with Gasteiger partial charge < -0.3 is 33.7 Å². The van der Waals surface area contributed by atoms with Crippen LogP contribution < -0.4 is 24.3 Å². The molecule has 1 amide bonds. The Morgan fingerprint density at radius 2 is 1.08 bits per heavy atom. The molecule has 198 valence electrons. The van der Waals surface area contributed by atoms with Gasteiger partial charge in [-0.3, -0.25) is 4.79 Å². The van der Waals surface area contributed by atoms with Crippen molar-refractivity contribution in [2.75, 3.05) is 42.1 Å². The first kappa shape index (κ1) is 28.6. The summed E-state index contributed by atoms with van der Waals surface area (Å²) in [5.41, 5.74) is -0.381. The first-order valence-electron chi connectivity index (χ1n) is 11.5. The van der Waals surface area contributed by atoms with Gasteiger partial charge in [-0.25, -0.2) is 4.79 Å². The minimum absolute atomic E-state index is 0.0480. The second-order valence-electron chi connectivity index (χ2n) is 9.42. The molecule has 9 heteroatoms. The molecule has 1 N–H and O–H groups in total. The molecule has 0 bridgehead atoms. The summed E-state index contributed by atoms with van der Waals surface area (Å²) in [5.74, 6) is 1.80. The van der Waals surface area contributed by atoms with Crippen LogP contribution in [0.5, 0.6) is 23.0 Å². The molecule has 0 saturated heterocycles. The first-order valence-corrected chi connectivity index (χ1v) is 11.5. The molecule has 0 aliphatic carbocycles. The van der Waals surface area contributed by atoms with Crippen LogP contribution in [0.4, 0.5) is 4.79 Å². The quantitative estimate of drug-likeness (QED) is 0.456. The van der Waals surface area contributed by atoms with E-state index < -0.39 is 23.1 Å². The van der Waals surface area contributed by atoms with Crippen molar-refractivity contribution in [3.63, 3.8) is 0 Å². The van der Waals surface area contributed by atoms with Gasteiger partial charge in [0.1, 0.15) is 28.6 Å². The largest absolute Gasteiger partial charge is 0.497 e. The summed E-state index contributed by atoms with van der Waals surface area (Å²) >= 11 is 0. The van der Waals surface area contributed by atoms with Gasteiger partial charge in [0.15, 0.2) is 0 Å². The van der Waals surface area contributed by atoms with Gasteiger partial charge in [-0.05, 0) is 69.0 Å². The molecule has 0 fully saturated rings. The molecule has 2 aromatic carbocycles. The number of esters is 1. The number of amides is 1. The molecule has 0 heterocycles. The molecule has 0 saturated carbocycles. The van der Waals surface area contributed by atoms with Crippen LogP contribution in [0, 0.1) is 5.41 Å². The Morgan fingerprint density at radius 1 is 0.694 bits per heavy atom. The van der Waals surface area contributed by atoms with Gasteiger partial charge in [0.2, 0.25) is 0 Å². The van der Waals surface area contributed by atoms with E-state index in [4.69, 9.17) is 28.4 Å². The lowest BCUT2D eigenvalue weighted by molar-refractivity contribution is -0.152. The number of carbonyl (C=O) groups excluding carboxylic acids is 2. The van der Waals surface area contributed by atoms with Crippen LogP contribution in [0.3, 0.4) is 0 Å². The number of ether oxygens (including phenoxy) is 6. The molecule has 9 nitrogen and oxygen atoms in total. The molecule has 0 aromatic heterocycles. The summed E-state index contributed by atoms with van der Waals surface area (Å²) < 4.78 is 32.3. The number of alkyl carbamates (subject to hydrolysis) is 1. The lowest BCUT2D eigenvalue weighted by atomic mass is 9.76. The van der Waals surface area contributed by atoms with Gasteiger partial charge in [-0.2, -0.15) is 0 Å². The Kier molecular flexibility index (Phi) is 9.84. The Morgan fingerprint density at radius 3 is 1.39 bits per heavy atom. The lowest BCUT2D eigenvalue weighted by Gasteiger charge is -2.32. The highest BCUT2D eigenvalue weighted by molar-refractivity contribution is 5.79. The molecule has 36 heavy (non-hydrogen) atoms. The van der Waals surface area contributed by atoms with Crippen molar-refractivity contribution in [1.82, 2.24) is 5.32 Å². The van der Waals surface area contributed by atoms with E-state index in [1.54, 1.807) is 61.3 Å². The van der Waals surface area contributed by atoms with Gasteiger partial charge in [0.05, 0.1) is 41.0 Å². The third-order valence-electron chi connectivity index (χ3n) is 5.50. The third-order valence-corrected chi connectivity index (χ3v) is 5.50. The summed E-state index contributed by atoms with van der Waals surface area (Å²) in [7, 11) is 7.54. The van der Waals surface area contributed by atoms with E-state index in [0.29, 0.717) is 23.0 Å². The molecular weight excluding hydrogens is 466 g/mol. The van der Waals surface area contributed by atoms with E-state index in [-0.39, 0.29) is 19.4 Å². The molecule has 0 atom stereocenters. The zero-order chi connectivity index (χ0) is 26.9. The number of nitrogens with one attached hydrogen (secondary N) is 1.